The van der Waals surface area contributed by atoms with Crippen LogP contribution < -0.4 is 4.90 Å². The van der Waals surface area contributed by atoms with Crippen molar-refractivity contribution in [1.29, 1.82) is 0 Å². The molecule has 1 atom stereocenters. The number of oxazole rings is 1. The number of aromatic carboxylic acids is 1. The first-order valence-corrected chi connectivity index (χ1v) is 4.67. The molecule has 0 radical (unpaired) electrons. The largest absolute Gasteiger partial charge is 0.476 e. The lowest BCUT2D eigenvalue weighted by atomic mass is 10.3. The maximum Gasteiger partial charge on any atom is 0.357 e. The topological polar surface area (TPSA) is 75.8 Å². The molecule has 6 nitrogen and oxygen atoms in total. The van der Waals surface area contributed by atoms with E-state index in [9.17, 15) is 4.79 Å². The van der Waals surface area contributed by atoms with Crippen molar-refractivity contribution in [1.82, 2.24) is 4.98 Å². The lowest BCUT2D eigenvalue weighted by Gasteiger charge is -2.12. The van der Waals surface area contributed by atoms with Crippen molar-refractivity contribution in [2.75, 3.05) is 25.1 Å². The summed E-state index contributed by atoms with van der Waals surface area (Å²) in [6.45, 7) is 1.47. The van der Waals surface area contributed by atoms with Crippen LogP contribution >= 0.6 is 0 Å². The molecule has 0 aliphatic carbocycles. The fourth-order valence-electron chi connectivity index (χ4n) is 1.60. The first kappa shape index (κ1) is 9.97. The zero-order valence-corrected chi connectivity index (χ0v) is 8.34. The van der Waals surface area contributed by atoms with E-state index in [1.807, 2.05) is 4.90 Å². The van der Waals surface area contributed by atoms with Crippen molar-refractivity contribution in [2.24, 2.45) is 0 Å². The first-order chi connectivity index (χ1) is 7.20. The van der Waals surface area contributed by atoms with Crippen LogP contribution in [0.2, 0.25) is 0 Å². The van der Waals surface area contributed by atoms with E-state index in [0.29, 0.717) is 12.6 Å². The van der Waals surface area contributed by atoms with Gasteiger partial charge in [-0.05, 0) is 6.42 Å². The molecular weight excluding hydrogens is 200 g/mol. The number of hydrogen-bond donors (Lipinski definition) is 1. The number of hydrogen-bond acceptors (Lipinski definition) is 5. The fraction of sp³-hybridized carbons (Fsp3) is 0.556. The highest BCUT2D eigenvalue weighted by atomic mass is 16.5. The van der Waals surface area contributed by atoms with Crippen LogP contribution in [0.1, 0.15) is 16.9 Å². The van der Waals surface area contributed by atoms with Crippen LogP contribution in [0.5, 0.6) is 0 Å². The second-order valence-electron chi connectivity index (χ2n) is 3.41. The quantitative estimate of drug-likeness (QED) is 0.790. The normalized spacial score (nSPS) is 20.9. The molecule has 15 heavy (non-hydrogen) atoms. The third kappa shape index (κ3) is 1.94. The Morgan fingerprint density at radius 1 is 1.80 bits per heavy atom. The molecular formula is C9H12N2O4. The average molecular weight is 212 g/mol. The molecule has 1 aliphatic heterocycles. The molecule has 1 fully saturated rings. The minimum Gasteiger partial charge on any atom is -0.476 e. The van der Waals surface area contributed by atoms with Gasteiger partial charge in [0, 0.05) is 20.2 Å². The van der Waals surface area contributed by atoms with Crippen LogP contribution in [-0.2, 0) is 4.74 Å². The molecule has 0 bridgehead atoms. The number of carbonyl (C=O) groups is 1. The number of rotatable bonds is 3. The Balaban J connectivity index is 2.07. The molecule has 0 unspecified atom stereocenters. The lowest BCUT2D eigenvalue weighted by molar-refractivity contribution is 0.0690. The highest BCUT2D eigenvalue weighted by Gasteiger charge is 2.26. The van der Waals surface area contributed by atoms with Gasteiger partial charge in [-0.15, -0.1) is 0 Å². The van der Waals surface area contributed by atoms with E-state index >= 15 is 0 Å². The van der Waals surface area contributed by atoms with E-state index in [-0.39, 0.29) is 11.8 Å². The Bertz CT molecular complexity index is 363. The first-order valence-electron chi connectivity index (χ1n) is 4.67. The van der Waals surface area contributed by atoms with Crippen molar-refractivity contribution in [3.8, 4) is 0 Å². The summed E-state index contributed by atoms with van der Waals surface area (Å²) in [6, 6.07) is 0.354. The summed E-state index contributed by atoms with van der Waals surface area (Å²) >= 11 is 0. The third-order valence-electron chi connectivity index (χ3n) is 2.46. The van der Waals surface area contributed by atoms with E-state index in [4.69, 9.17) is 14.3 Å². The smallest absolute Gasteiger partial charge is 0.357 e. The van der Waals surface area contributed by atoms with Gasteiger partial charge in [-0.1, -0.05) is 0 Å². The number of anilines is 1. The van der Waals surface area contributed by atoms with Crippen molar-refractivity contribution < 1.29 is 19.1 Å². The highest BCUT2D eigenvalue weighted by Crippen LogP contribution is 2.20. The molecule has 1 saturated heterocycles. The van der Waals surface area contributed by atoms with Gasteiger partial charge in [0.05, 0.1) is 6.10 Å². The molecule has 6 heteroatoms. The summed E-state index contributed by atoms with van der Waals surface area (Å²) < 4.78 is 10.3. The van der Waals surface area contributed by atoms with Gasteiger partial charge >= 0.3 is 5.97 Å². The van der Waals surface area contributed by atoms with E-state index < -0.39 is 5.97 Å². The summed E-state index contributed by atoms with van der Waals surface area (Å²) in [6.07, 6.45) is 2.23. The van der Waals surface area contributed by atoms with E-state index in [1.54, 1.807) is 7.11 Å². The lowest BCUT2D eigenvalue weighted by Crippen LogP contribution is -2.22. The van der Waals surface area contributed by atoms with E-state index in [2.05, 4.69) is 4.98 Å². The molecule has 82 valence electrons. The predicted octanol–water partition coefficient (Wildman–Crippen LogP) is 0.598. The van der Waals surface area contributed by atoms with Crippen molar-refractivity contribution in [3.63, 3.8) is 0 Å². The number of aromatic nitrogens is 1. The average Bonchev–Trinajstić information content (AvgIpc) is 2.86. The molecule has 0 spiro atoms. The van der Waals surface area contributed by atoms with Crippen LogP contribution in [-0.4, -0.2) is 42.4 Å². The Morgan fingerprint density at radius 3 is 3.13 bits per heavy atom. The zero-order valence-electron chi connectivity index (χ0n) is 8.34. The SMILES string of the molecule is CO[C@H]1CCN(c2nc(C(=O)O)co2)C1. The van der Waals surface area contributed by atoms with Crippen LogP contribution in [0.15, 0.2) is 10.7 Å². The number of nitrogens with zero attached hydrogens (tertiary/aromatic N) is 2. The summed E-state index contributed by atoms with van der Waals surface area (Å²) in [5.74, 6) is -1.08. The van der Waals surface area contributed by atoms with Gasteiger partial charge in [-0.2, -0.15) is 4.98 Å². The monoisotopic (exact) mass is 212 g/mol. The van der Waals surface area contributed by atoms with Gasteiger partial charge in [0.25, 0.3) is 6.01 Å². The van der Waals surface area contributed by atoms with Gasteiger partial charge in [0.1, 0.15) is 6.26 Å². The van der Waals surface area contributed by atoms with Crippen LogP contribution in [0, 0.1) is 0 Å². The minimum absolute atomic E-state index is 0.0640. The van der Waals surface area contributed by atoms with Crippen molar-refractivity contribution >= 4 is 12.0 Å². The number of carboxylic acid groups (broad SMARTS) is 1. The maximum absolute atomic E-state index is 10.6. The van der Waals surface area contributed by atoms with Gasteiger partial charge in [0.2, 0.25) is 0 Å². The van der Waals surface area contributed by atoms with Crippen molar-refractivity contribution in [2.45, 2.75) is 12.5 Å². The van der Waals surface area contributed by atoms with Gasteiger partial charge in [0.15, 0.2) is 5.69 Å². The fourth-order valence-corrected chi connectivity index (χ4v) is 1.60. The molecule has 2 heterocycles. The Hall–Kier alpha value is -1.56. The Labute approximate surface area is 86.5 Å². The van der Waals surface area contributed by atoms with Crippen LogP contribution in [0.4, 0.5) is 6.01 Å². The van der Waals surface area contributed by atoms with E-state index in [0.717, 1.165) is 19.2 Å². The van der Waals surface area contributed by atoms with Crippen molar-refractivity contribution in [3.05, 3.63) is 12.0 Å². The molecule has 0 saturated carbocycles. The minimum atomic E-state index is -1.08. The summed E-state index contributed by atoms with van der Waals surface area (Å²) in [5.41, 5.74) is -0.0640. The summed E-state index contributed by atoms with van der Waals surface area (Å²) in [4.78, 5) is 16.3. The Morgan fingerprint density at radius 2 is 2.60 bits per heavy atom. The maximum atomic E-state index is 10.6. The third-order valence-corrected chi connectivity index (χ3v) is 2.46. The van der Waals surface area contributed by atoms with Gasteiger partial charge < -0.3 is 19.2 Å². The highest BCUT2D eigenvalue weighted by molar-refractivity contribution is 5.85. The van der Waals surface area contributed by atoms with Crippen LogP contribution in [0.25, 0.3) is 0 Å². The standard InChI is InChI=1S/C9H12N2O4/c1-14-6-2-3-11(4-6)9-10-7(5-15-9)8(12)13/h5-6H,2-4H2,1H3,(H,12,13)/t6-/m0/s1. The predicted molar refractivity (Wildman–Crippen MR) is 51.1 cm³/mol. The molecule has 0 amide bonds. The molecule has 1 aliphatic rings. The number of carboxylic acids is 1. The van der Waals surface area contributed by atoms with Gasteiger partial charge in [-0.3, -0.25) is 0 Å². The van der Waals surface area contributed by atoms with Gasteiger partial charge in [-0.25, -0.2) is 4.79 Å². The second kappa shape index (κ2) is 3.90. The molecule has 1 N–H and O–H groups in total. The molecule has 0 aromatic carbocycles. The number of methoxy groups -OCH3 is 1. The molecule has 2 rings (SSSR count). The zero-order chi connectivity index (χ0) is 10.8. The summed E-state index contributed by atoms with van der Waals surface area (Å²) in [5, 5.41) is 8.67. The van der Waals surface area contributed by atoms with Crippen LogP contribution in [0.3, 0.4) is 0 Å². The van der Waals surface area contributed by atoms with E-state index in [1.165, 1.54) is 0 Å². The number of ether oxygens (including phenoxy) is 1. The second-order valence-corrected chi connectivity index (χ2v) is 3.41. The Kier molecular flexibility index (Phi) is 2.59. The molecule has 1 aromatic rings. The molecule has 1 aromatic heterocycles. The summed E-state index contributed by atoms with van der Waals surface area (Å²) in [7, 11) is 1.66.